The smallest absolute Gasteiger partial charge is 0.220 e. The first kappa shape index (κ1) is 9.21. The molecule has 2 heteroatoms. The summed E-state index contributed by atoms with van der Waals surface area (Å²) in [5.74, 6) is 0.00491. The van der Waals surface area contributed by atoms with Gasteiger partial charge in [-0.1, -0.05) is 12.5 Å². The van der Waals surface area contributed by atoms with Crippen LogP contribution >= 0.6 is 0 Å². The van der Waals surface area contributed by atoms with Gasteiger partial charge in [0.1, 0.15) is 0 Å². The molecule has 0 atom stereocenters. The van der Waals surface area contributed by atoms with E-state index in [1.54, 1.807) is 0 Å². The topological polar surface area (TPSA) is 29.1 Å². The van der Waals surface area contributed by atoms with Gasteiger partial charge in [0, 0.05) is 12.6 Å². The molecule has 0 radical (unpaired) electrons. The molecule has 0 spiro atoms. The highest BCUT2D eigenvalue weighted by Crippen LogP contribution is 2.02. The number of carbonyl (C=O) groups excluding carboxylic acids is 1. The number of amides is 1. The first-order valence-corrected chi connectivity index (χ1v) is 3.51. The summed E-state index contributed by atoms with van der Waals surface area (Å²) >= 11 is 0. The Hall–Kier alpha value is -0.790. The van der Waals surface area contributed by atoms with Crippen LogP contribution in [0, 0.1) is 0 Å². The van der Waals surface area contributed by atoms with Crippen molar-refractivity contribution in [2.24, 2.45) is 0 Å². The predicted molar refractivity (Wildman–Crippen MR) is 42.5 cm³/mol. The van der Waals surface area contributed by atoms with E-state index in [0.717, 1.165) is 12.1 Å². The monoisotopic (exact) mass is 141 g/mol. The van der Waals surface area contributed by atoms with Crippen LogP contribution in [0.25, 0.3) is 0 Å². The van der Waals surface area contributed by atoms with E-state index in [-0.39, 0.29) is 5.91 Å². The minimum absolute atomic E-state index is 0.00491. The van der Waals surface area contributed by atoms with Gasteiger partial charge in [0.05, 0.1) is 0 Å². The molecule has 1 amide bonds. The van der Waals surface area contributed by atoms with Crippen molar-refractivity contribution >= 4 is 5.91 Å². The van der Waals surface area contributed by atoms with Crippen LogP contribution in [-0.2, 0) is 4.79 Å². The lowest BCUT2D eigenvalue weighted by Crippen LogP contribution is -2.18. The van der Waals surface area contributed by atoms with E-state index in [1.165, 1.54) is 12.5 Å². The summed E-state index contributed by atoms with van der Waals surface area (Å²) in [6.07, 6.45) is 0.992. The second kappa shape index (κ2) is 4.09. The normalized spacial score (nSPS) is 12.4. The van der Waals surface area contributed by atoms with Gasteiger partial charge in [-0.05, 0) is 20.3 Å². The molecular weight excluding hydrogens is 126 g/mol. The molecule has 0 aromatic heterocycles. The molecule has 0 rings (SSSR count). The summed E-state index contributed by atoms with van der Waals surface area (Å²) in [6.45, 7) is 7.53. The summed E-state index contributed by atoms with van der Waals surface area (Å²) in [6, 6.07) is 0. The van der Waals surface area contributed by atoms with E-state index >= 15 is 0 Å². The maximum absolute atomic E-state index is 10.5. The number of hydrogen-bond acceptors (Lipinski definition) is 1. The van der Waals surface area contributed by atoms with E-state index in [1.807, 2.05) is 13.8 Å². The SMILES string of the molecule is CC/C(C)=C(\C)NC(C)=O. The van der Waals surface area contributed by atoms with Gasteiger partial charge >= 0.3 is 0 Å². The van der Waals surface area contributed by atoms with Crippen molar-refractivity contribution < 1.29 is 4.79 Å². The molecule has 0 aliphatic carbocycles. The third kappa shape index (κ3) is 3.28. The molecule has 10 heavy (non-hydrogen) atoms. The first-order chi connectivity index (χ1) is 4.57. The van der Waals surface area contributed by atoms with Crippen LogP contribution in [0.1, 0.15) is 34.1 Å². The average Bonchev–Trinajstić information content (AvgIpc) is 1.85. The van der Waals surface area contributed by atoms with E-state index in [4.69, 9.17) is 0 Å². The molecule has 0 bridgehead atoms. The molecule has 1 N–H and O–H groups in total. The molecule has 2 nitrogen and oxygen atoms in total. The van der Waals surface area contributed by atoms with Crippen molar-refractivity contribution in [2.75, 3.05) is 0 Å². The molecule has 0 saturated carbocycles. The predicted octanol–water partition coefficient (Wildman–Crippen LogP) is 1.83. The Kier molecular flexibility index (Phi) is 3.77. The quantitative estimate of drug-likeness (QED) is 0.624. The summed E-state index contributed by atoms with van der Waals surface area (Å²) in [4.78, 5) is 10.5. The van der Waals surface area contributed by atoms with Gasteiger partial charge in [-0.25, -0.2) is 0 Å². The van der Waals surface area contributed by atoms with Gasteiger partial charge in [-0.15, -0.1) is 0 Å². The Morgan fingerprint density at radius 3 is 2.10 bits per heavy atom. The third-order valence-electron chi connectivity index (χ3n) is 1.53. The standard InChI is InChI=1S/C8H15NO/c1-5-6(2)7(3)9-8(4)10/h5H2,1-4H3,(H,9,10)/b7-6+. The first-order valence-electron chi connectivity index (χ1n) is 3.51. The van der Waals surface area contributed by atoms with Crippen LogP contribution in [0.2, 0.25) is 0 Å². The lowest BCUT2D eigenvalue weighted by atomic mass is 10.2. The van der Waals surface area contributed by atoms with Gasteiger partial charge in [0.2, 0.25) is 5.91 Å². The average molecular weight is 141 g/mol. The Morgan fingerprint density at radius 2 is 1.80 bits per heavy atom. The van der Waals surface area contributed by atoms with Crippen LogP contribution in [-0.4, -0.2) is 5.91 Å². The number of nitrogens with one attached hydrogen (secondary N) is 1. The second-order valence-electron chi connectivity index (χ2n) is 2.44. The minimum Gasteiger partial charge on any atom is -0.330 e. The Balaban J connectivity index is 4.04. The molecule has 58 valence electrons. The molecule has 0 aromatic carbocycles. The molecule has 0 heterocycles. The molecule has 0 aliphatic rings. The summed E-state index contributed by atoms with van der Waals surface area (Å²) in [7, 11) is 0. The Morgan fingerprint density at radius 1 is 1.30 bits per heavy atom. The largest absolute Gasteiger partial charge is 0.330 e. The van der Waals surface area contributed by atoms with Crippen LogP contribution in [0.3, 0.4) is 0 Å². The second-order valence-corrected chi connectivity index (χ2v) is 2.44. The molecular formula is C8H15NO. The van der Waals surface area contributed by atoms with Crippen molar-refractivity contribution in [2.45, 2.75) is 34.1 Å². The fourth-order valence-corrected chi connectivity index (χ4v) is 0.636. The number of hydrogen-bond donors (Lipinski definition) is 1. The Labute approximate surface area is 62.3 Å². The fraction of sp³-hybridized carbons (Fsp3) is 0.625. The lowest BCUT2D eigenvalue weighted by molar-refractivity contribution is -0.118. The molecule has 0 unspecified atom stereocenters. The maximum Gasteiger partial charge on any atom is 0.220 e. The van der Waals surface area contributed by atoms with Crippen molar-refractivity contribution in [3.8, 4) is 0 Å². The highest BCUT2D eigenvalue weighted by atomic mass is 16.1. The minimum atomic E-state index is 0.00491. The number of rotatable bonds is 2. The number of allylic oxidation sites excluding steroid dienone is 2. The van der Waals surface area contributed by atoms with Crippen molar-refractivity contribution in [3.63, 3.8) is 0 Å². The van der Waals surface area contributed by atoms with Crippen LogP contribution in [0.15, 0.2) is 11.3 Å². The molecule has 0 aromatic rings. The van der Waals surface area contributed by atoms with Crippen LogP contribution in [0.5, 0.6) is 0 Å². The van der Waals surface area contributed by atoms with Gasteiger partial charge in [0.15, 0.2) is 0 Å². The van der Waals surface area contributed by atoms with Crippen LogP contribution < -0.4 is 5.32 Å². The van der Waals surface area contributed by atoms with Gasteiger partial charge in [-0.3, -0.25) is 4.79 Å². The van der Waals surface area contributed by atoms with E-state index in [2.05, 4.69) is 12.2 Å². The zero-order valence-electron chi connectivity index (χ0n) is 7.12. The van der Waals surface area contributed by atoms with Crippen molar-refractivity contribution in [1.82, 2.24) is 5.32 Å². The van der Waals surface area contributed by atoms with Crippen molar-refractivity contribution in [3.05, 3.63) is 11.3 Å². The van der Waals surface area contributed by atoms with Gasteiger partial charge in [-0.2, -0.15) is 0 Å². The number of carbonyl (C=O) groups is 1. The van der Waals surface area contributed by atoms with E-state index in [9.17, 15) is 4.79 Å². The zero-order valence-corrected chi connectivity index (χ0v) is 7.12. The van der Waals surface area contributed by atoms with Crippen LogP contribution in [0.4, 0.5) is 0 Å². The van der Waals surface area contributed by atoms with Gasteiger partial charge in [0.25, 0.3) is 0 Å². The summed E-state index contributed by atoms with van der Waals surface area (Å²) < 4.78 is 0. The Bertz CT molecular complexity index is 159. The molecule has 0 aliphatic heterocycles. The summed E-state index contributed by atoms with van der Waals surface area (Å²) in [5, 5.41) is 2.73. The van der Waals surface area contributed by atoms with Gasteiger partial charge < -0.3 is 5.32 Å². The molecule has 0 saturated heterocycles. The zero-order chi connectivity index (χ0) is 8.15. The fourth-order valence-electron chi connectivity index (χ4n) is 0.636. The third-order valence-corrected chi connectivity index (χ3v) is 1.53. The highest BCUT2D eigenvalue weighted by molar-refractivity contribution is 5.74. The van der Waals surface area contributed by atoms with E-state index < -0.39 is 0 Å². The van der Waals surface area contributed by atoms with Crippen molar-refractivity contribution in [1.29, 1.82) is 0 Å². The van der Waals surface area contributed by atoms with E-state index in [0.29, 0.717) is 0 Å². The summed E-state index contributed by atoms with van der Waals surface area (Å²) in [5.41, 5.74) is 2.21. The highest BCUT2D eigenvalue weighted by Gasteiger charge is 1.95. The maximum atomic E-state index is 10.5. The molecule has 0 fully saturated rings. The lowest BCUT2D eigenvalue weighted by Gasteiger charge is -2.04.